The number of rotatable bonds is 11. The highest BCUT2D eigenvalue weighted by atomic mass is 19.3. The number of alkyl halides is 4. The number of anilines is 1. The zero-order chi connectivity index (χ0) is 23.5. The summed E-state index contributed by atoms with van der Waals surface area (Å²) >= 11 is 0. The predicted octanol–water partition coefficient (Wildman–Crippen LogP) is 4.48. The molecule has 2 aromatic carbocycles. The zero-order valence-electron chi connectivity index (χ0n) is 16.7. The van der Waals surface area contributed by atoms with E-state index in [-0.39, 0.29) is 24.5 Å². The lowest BCUT2D eigenvalue weighted by atomic mass is 10.1. The van der Waals surface area contributed by atoms with Crippen LogP contribution in [0.4, 0.5) is 23.2 Å². The molecule has 7 nitrogen and oxygen atoms in total. The predicted molar refractivity (Wildman–Crippen MR) is 106 cm³/mol. The molecular weight excluding hydrogens is 438 g/mol. The minimum absolute atomic E-state index is 0.0357. The summed E-state index contributed by atoms with van der Waals surface area (Å²) in [5.74, 6) is -1.68. The van der Waals surface area contributed by atoms with E-state index < -0.39 is 30.8 Å². The van der Waals surface area contributed by atoms with Gasteiger partial charge in [-0.15, -0.1) is 0 Å². The third-order valence-corrected chi connectivity index (χ3v) is 3.60. The minimum Gasteiger partial charge on any atom is -0.482 e. The highest BCUT2D eigenvalue weighted by molar-refractivity contribution is 6.02. The van der Waals surface area contributed by atoms with Crippen molar-refractivity contribution in [3.63, 3.8) is 0 Å². The molecule has 172 valence electrons. The van der Waals surface area contributed by atoms with Crippen molar-refractivity contribution in [1.82, 2.24) is 0 Å². The van der Waals surface area contributed by atoms with Gasteiger partial charge in [0, 0.05) is 29.5 Å². The minimum atomic E-state index is -3.21. The van der Waals surface area contributed by atoms with Gasteiger partial charge < -0.3 is 24.3 Å². The summed E-state index contributed by atoms with van der Waals surface area (Å²) in [5.41, 5.74) is 0.374. The van der Waals surface area contributed by atoms with E-state index in [0.717, 1.165) is 18.2 Å². The van der Waals surface area contributed by atoms with E-state index in [9.17, 15) is 27.2 Å². The van der Waals surface area contributed by atoms with Crippen molar-refractivity contribution in [3.05, 3.63) is 54.1 Å². The van der Waals surface area contributed by atoms with Crippen LogP contribution in [-0.2, 0) is 14.3 Å². The Hall–Kier alpha value is -3.76. The normalized spacial score (nSPS) is 11.0. The van der Waals surface area contributed by atoms with Crippen LogP contribution in [0.1, 0.15) is 12.5 Å². The van der Waals surface area contributed by atoms with Gasteiger partial charge in [-0.3, -0.25) is 4.79 Å². The van der Waals surface area contributed by atoms with Crippen molar-refractivity contribution in [1.29, 1.82) is 0 Å². The molecule has 2 rings (SSSR count). The van der Waals surface area contributed by atoms with E-state index in [0.29, 0.717) is 11.4 Å². The van der Waals surface area contributed by atoms with Gasteiger partial charge in [0.25, 0.3) is 0 Å². The molecule has 2 aromatic rings. The fourth-order valence-electron chi connectivity index (χ4n) is 2.38. The Labute approximate surface area is 180 Å². The maximum absolute atomic E-state index is 12.6. The smallest absolute Gasteiger partial charge is 0.387 e. The quantitative estimate of drug-likeness (QED) is 0.304. The number of carbonyl (C=O) groups is 2. The summed E-state index contributed by atoms with van der Waals surface area (Å²) in [6, 6.07) is 9.34. The summed E-state index contributed by atoms with van der Waals surface area (Å²) in [7, 11) is 0. The third kappa shape index (κ3) is 8.54. The van der Waals surface area contributed by atoms with E-state index in [1.807, 2.05) is 0 Å². The molecule has 0 aromatic heterocycles. The van der Waals surface area contributed by atoms with Crippen LogP contribution in [0.15, 0.2) is 48.5 Å². The van der Waals surface area contributed by atoms with Gasteiger partial charge in [-0.05, 0) is 37.3 Å². The van der Waals surface area contributed by atoms with Gasteiger partial charge in [0.1, 0.15) is 17.2 Å². The number of halogens is 4. The van der Waals surface area contributed by atoms with E-state index in [2.05, 4.69) is 14.8 Å². The number of nitrogens with one attached hydrogen (secondary N) is 1. The molecular formula is C21H19F4NO6. The van der Waals surface area contributed by atoms with E-state index >= 15 is 0 Å². The average Bonchev–Trinajstić information content (AvgIpc) is 2.71. The highest BCUT2D eigenvalue weighted by Crippen LogP contribution is 2.28. The molecule has 0 fully saturated rings. The van der Waals surface area contributed by atoms with E-state index in [1.165, 1.54) is 18.2 Å². The summed E-state index contributed by atoms with van der Waals surface area (Å²) in [6.07, 6.45) is 2.20. The lowest BCUT2D eigenvalue weighted by Gasteiger charge is -2.11. The second-order valence-corrected chi connectivity index (χ2v) is 5.90. The van der Waals surface area contributed by atoms with Crippen molar-refractivity contribution >= 4 is 23.6 Å². The van der Waals surface area contributed by atoms with Gasteiger partial charge in [-0.25, -0.2) is 4.79 Å². The molecule has 0 atom stereocenters. The number of esters is 1. The van der Waals surface area contributed by atoms with Gasteiger partial charge in [-0.1, -0.05) is 6.07 Å². The molecule has 11 heteroatoms. The summed E-state index contributed by atoms with van der Waals surface area (Å²) in [4.78, 5) is 23.5. The van der Waals surface area contributed by atoms with E-state index in [1.54, 1.807) is 25.1 Å². The summed E-state index contributed by atoms with van der Waals surface area (Å²) in [6.45, 7) is -4.77. The Morgan fingerprint density at radius 3 is 2.44 bits per heavy atom. The topological polar surface area (TPSA) is 83.1 Å². The second-order valence-electron chi connectivity index (χ2n) is 5.90. The van der Waals surface area contributed by atoms with Crippen molar-refractivity contribution in [2.45, 2.75) is 20.1 Å². The van der Waals surface area contributed by atoms with Crippen LogP contribution in [0.2, 0.25) is 0 Å². The van der Waals surface area contributed by atoms with Gasteiger partial charge in [0.15, 0.2) is 6.61 Å². The molecule has 1 amide bonds. The van der Waals surface area contributed by atoms with Crippen LogP contribution < -0.4 is 19.5 Å². The SMILES string of the molecule is CCOC(=O)COc1cccc(NC(=O)/C=C/c2ccc(OC(F)F)cc2OC(F)F)c1. The zero-order valence-corrected chi connectivity index (χ0v) is 16.7. The molecule has 0 aliphatic rings. The van der Waals surface area contributed by atoms with Crippen molar-refractivity contribution in [2.24, 2.45) is 0 Å². The summed E-state index contributed by atoms with van der Waals surface area (Å²) in [5, 5.41) is 2.53. The number of amides is 1. The Morgan fingerprint density at radius 1 is 1.00 bits per heavy atom. The first-order valence-electron chi connectivity index (χ1n) is 9.18. The monoisotopic (exact) mass is 457 g/mol. The standard InChI is InChI=1S/C21H19F4NO6/c1-2-29-19(28)12-30-15-5-3-4-14(10-15)26-18(27)9-7-13-6-8-16(31-20(22)23)11-17(13)32-21(24)25/h3-11,20-21H,2,12H2,1H3,(H,26,27)/b9-7+. The van der Waals surface area contributed by atoms with Gasteiger partial charge in [0.2, 0.25) is 5.91 Å². The average molecular weight is 457 g/mol. The maximum Gasteiger partial charge on any atom is 0.387 e. The second kappa shape index (κ2) is 12.2. The van der Waals surface area contributed by atoms with Crippen LogP contribution in [0.5, 0.6) is 17.2 Å². The molecule has 0 unspecified atom stereocenters. The molecule has 32 heavy (non-hydrogen) atoms. The van der Waals surface area contributed by atoms with E-state index in [4.69, 9.17) is 9.47 Å². The molecule has 0 aliphatic heterocycles. The number of carbonyl (C=O) groups excluding carboxylic acids is 2. The number of ether oxygens (including phenoxy) is 4. The maximum atomic E-state index is 12.6. The Morgan fingerprint density at radius 2 is 1.75 bits per heavy atom. The van der Waals surface area contributed by atoms with Crippen LogP contribution in [0, 0.1) is 0 Å². The first-order chi connectivity index (χ1) is 15.3. The highest BCUT2D eigenvalue weighted by Gasteiger charge is 2.12. The van der Waals surface area contributed by atoms with Gasteiger partial charge >= 0.3 is 19.2 Å². The van der Waals surface area contributed by atoms with Gasteiger partial charge in [-0.2, -0.15) is 17.6 Å². The molecule has 0 aliphatic carbocycles. The third-order valence-electron chi connectivity index (χ3n) is 3.60. The fourth-order valence-corrected chi connectivity index (χ4v) is 2.38. The lowest BCUT2D eigenvalue weighted by Crippen LogP contribution is -2.14. The lowest BCUT2D eigenvalue weighted by molar-refractivity contribution is -0.145. The molecule has 0 spiro atoms. The molecule has 0 radical (unpaired) electrons. The molecule has 0 saturated heterocycles. The van der Waals surface area contributed by atoms with Crippen LogP contribution >= 0.6 is 0 Å². The Kier molecular flexibility index (Phi) is 9.33. The number of hydrogen-bond donors (Lipinski definition) is 1. The van der Waals surface area contributed by atoms with Crippen molar-refractivity contribution in [2.75, 3.05) is 18.5 Å². The number of benzene rings is 2. The van der Waals surface area contributed by atoms with Crippen molar-refractivity contribution in [3.8, 4) is 17.2 Å². The fraction of sp³-hybridized carbons (Fsp3) is 0.238. The Balaban J connectivity index is 2.05. The van der Waals surface area contributed by atoms with Gasteiger partial charge in [0.05, 0.1) is 6.61 Å². The Bertz CT molecular complexity index is 952. The van der Waals surface area contributed by atoms with Crippen LogP contribution in [0.3, 0.4) is 0 Å². The van der Waals surface area contributed by atoms with Crippen molar-refractivity contribution < 1.29 is 46.1 Å². The first kappa shape index (κ1) is 24.5. The summed E-state index contributed by atoms with van der Waals surface area (Å²) < 4.78 is 68.3. The largest absolute Gasteiger partial charge is 0.482 e. The van der Waals surface area contributed by atoms with Crippen LogP contribution in [-0.4, -0.2) is 38.3 Å². The molecule has 1 N–H and O–H groups in total. The molecule has 0 bridgehead atoms. The first-order valence-corrected chi connectivity index (χ1v) is 9.18. The van der Waals surface area contributed by atoms with Crippen LogP contribution in [0.25, 0.3) is 6.08 Å². The molecule has 0 saturated carbocycles. The molecule has 0 heterocycles. The number of hydrogen-bond acceptors (Lipinski definition) is 6.